The topological polar surface area (TPSA) is 93.6 Å². The van der Waals surface area contributed by atoms with Gasteiger partial charge < -0.3 is 10.6 Å². The van der Waals surface area contributed by atoms with Crippen molar-refractivity contribution >= 4 is 33.9 Å². The fourth-order valence-corrected chi connectivity index (χ4v) is 5.07. The molecule has 0 bridgehead atoms. The van der Waals surface area contributed by atoms with E-state index in [1.54, 1.807) is 11.8 Å². The average Bonchev–Trinajstić information content (AvgIpc) is 3.20. The molecule has 2 aliphatic heterocycles. The van der Waals surface area contributed by atoms with Gasteiger partial charge in [-0.05, 0) is 50.1 Å². The zero-order chi connectivity index (χ0) is 23.6. The van der Waals surface area contributed by atoms with Crippen LogP contribution in [0.5, 0.6) is 0 Å². The van der Waals surface area contributed by atoms with Gasteiger partial charge in [0.1, 0.15) is 5.82 Å². The number of hydrogen-bond donors (Lipinski definition) is 1. The lowest BCUT2D eigenvalue weighted by Gasteiger charge is -2.23. The van der Waals surface area contributed by atoms with Crippen LogP contribution in [0.25, 0.3) is 10.9 Å². The van der Waals surface area contributed by atoms with Crippen LogP contribution in [0, 0.1) is 13.8 Å². The largest absolute Gasteiger partial charge is 0.399 e. The molecule has 7 nitrogen and oxygen atoms in total. The molecule has 3 aromatic carbocycles. The molecule has 2 N–H and O–H groups in total. The maximum absolute atomic E-state index is 13.9. The molecule has 0 fully saturated rings. The van der Waals surface area contributed by atoms with Crippen molar-refractivity contribution in [3.63, 3.8) is 0 Å². The summed E-state index contributed by atoms with van der Waals surface area (Å²) in [6.07, 6.45) is -0.364. The van der Waals surface area contributed by atoms with E-state index >= 15 is 0 Å². The summed E-state index contributed by atoms with van der Waals surface area (Å²) in [5.74, 6) is 0.204. The molecule has 1 atom stereocenters. The minimum Gasteiger partial charge on any atom is -0.399 e. The van der Waals surface area contributed by atoms with Crippen LogP contribution in [-0.2, 0) is 11.2 Å². The Morgan fingerprint density at radius 1 is 1.00 bits per heavy atom. The van der Waals surface area contributed by atoms with E-state index in [4.69, 9.17) is 10.7 Å². The molecule has 6 rings (SSSR count). The number of amides is 1. The van der Waals surface area contributed by atoms with Crippen molar-refractivity contribution in [2.75, 3.05) is 17.2 Å². The van der Waals surface area contributed by atoms with Crippen LogP contribution in [0.1, 0.15) is 34.2 Å². The Kier molecular flexibility index (Phi) is 4.42. The Balaban J connectivity index is 1.67. The molecule has 1 amide bonds. The van der Waals surface area contributed by atoms with Crippen molar-refractivity contribution in [1.29, 1.82) is 0 Å². The molecule has 0 spiro atoms. The smallest absolute Gasteiger partial charge is 0.272 e. The number of carbonyl (C=O) groups is 1. The van der Waals surface area contributed by atoms with Gasteiger partial charge in [-0.2, -0.15) is 0 Å². The standard InChI is InChI=1S/C27H23N5O2/c1-15-8-9-22-20(12-15)26(33)32(16(2)29-22)25-27(34)31-11-10-18-13-19(28)14-21(24(18)31)23(30-25)17-6-4-3-5-7-17/h3-9,12-14,25H,10-11,28H2,1-2H3. The number of nitrogen functional groups attached to an aromatic ring is 1. The number of nitrogens with two attached hydrogens (primary N) is 1. The quantitative estimate of drug-likeness (QED) is 0.474. The number of aliphatic imine (C=N–C) groups is 1. The maximum Gasteiger partial charge on any atom is 0.272 e. The van der Waals surface area contributed by atoms with Crippen LogP contribution in [0.2, 0.25) is 0 Å². The minimum atomic E-state index is -1.07. The fraction of sp³-hybridized carbons (Fsp3) is 0.185. The lowest BCUT2D eigenvalue weighted by atomic mass is 9.97. The molecule has 1 aromatic heterocycles. The summed E-state index contributed by atoms with van der Waals surface area (Å²) in [5.41, 5.74) is 12.3. The molecule has 0 saturated carbocycles. The third-order valence-electron chi connectivity index (χ3n) is 6.60. The van der Waals surface area contributed by atoms with E-state index in [9.17, 15) is 9.59 Å². The van der Waals surface area contributed by atoms with Gasteiger partial charge in [-0.15, -0.1) is 0 Å². The number of carbonyl (C=O) groups excluding carboxylic acids is 1. The molecule has 2 aliphatic rings. The normalized spacial score (nSPS) is 17.0. The first-order valence-corrected chi connectivity index (χ1v) is 11.3. The van der Waals surface area contributed by atoms with Crippen molar-refractivity contribution in [3.05, 3.63) is 99.1 Å². The lowest BCUT2D eigenvalue weighted by molar-refractivity contribution is -0.121. The molecule has 168 valence electrons. The van der Waals surface area contributed by atoms with Crippen LogP contribution in [0.3, 0.4) is 0 Å². The van der Waals surface area contributed by atoms with Crippen molar-refractivity contribution in [2.45, 2.75) is 26.4 Å². The van der Waals surface area contributed by atoms with E-state index in [0.717, 1.165) is 27.9 Å². The van der Waals surface area contributed by atoms with Crippen LogP contribution >= 0.6 is 0 Å². The summed E-state index contributed by atoms with van der Waals surface area (Å²) in [7, 11) is 0. The second-order valence-corrected chi connectivity index (χ2v) is 8.89. The van der Waals surface area contributed by atoms with Crippen molar-refractivity contribution in [2.24, 2.45) is 4.99 Å². The molecule has 7 heteroatoms. The van der Waals surface area contributed by atoms with Gasteiger partial charge in [0.25, 0.3) is 11.5 Å². The Bertz CT molecular complexity index is 1590. The SMILES string of the molecule is Cc1ccc2nc(C)n(C3N=C(c4ccccc4)c4cc(N)cc5c4N(CC5)C3=O)c(=O)c2c1. The van der Waals surface area contributed by atoms with Crippen LogP contribution in [-0.4, -0.2) is 27.7 Å². The van der Waals surface area contributed by atoms with E-state index in [-0.39, 0.29) is 11.5 Å². The van der Waals surface area contributed by atoms with E-state index < -0.39 is 6.17 Å². The number of aromatic nitrogens is 2. The second-order valence-electron chi connectivity index (χ2n) is 8.89. The van der Waals surface area contributed by atoms with Gasteiger partial charge in [-0.1, -0.05) is 42.0 Å². The molecule has 0 saturated heterocycles. The summed E-state index contributed by atoms with van der Waals surface area (Å²) in [4.78, 5) is 39.0. The van der Waals surface area contributed by atoms with Gasteiger partial charge in [0.15, 0.2) is 0 Å². The van der Waals surface area contributed by atoms with Crippen molar-refractivity contribution in [3.8, 4) is 0 Å². The molecular formula is C27H23N5O2. The average molecular weight is 450 g/mol. The number of anilines is 2. The maximum atomic E-state index is 13.9. The monoisotopic (exact) mass is 449 g/mol. The van der Waals surface area contributed by atoms with Gasteiger partial charge in [-0.3, -0.25) is 14.2 Å². The Morgan fingerprint density at radius 2 is 1.79 bits per heavy atom. The first-order valence-electron chi connectivity index (χ1n) is 11.3. The predicted octanol–water partition coefficient (Wildman–Crippen LogP) is 3.53. The Morgan fingerprint density at radius 3 is 2.59 bits per heavy atom. The third kappa shape index (κ3) is 2.97. The first kappa shape index (κ1) is 20.4. The molecule has 1 unspecified atom stereocenters. The van der Waals surface area contributed by atoms with Gasteiger partial charge in [0.05, 0.1) is 22.3 Å². The highest BCUT2D eigenvalue weighted by Crippen LogP contribution is 2.39. The summed E-state index contributed by atoms with van der Waals surface area (Å²) in [6.45, 7) is 4.20. The number of hydrogen-bond acceptors (Lipinski definition) is 5. The zero-order valence-electron chi connectivity index (χ0n) is 18.9. The lowest BCUT2D eigenvalue weighted by Crippen LogP contribution is -2.39. The summed E-state index contributed by atoms with van der Waals surface area (Å²) >= 11 is 0. The van der Waals surface area contributed by atoms with Crippen LogP contribution < -0.4 is 16.2 Å². The Hall–Kier alpha value is -4.26. The summed E-state index contributed by atoms with van der Waals surface area (Å²) in [5, 5.41) is 0.475. The van der Waals surface area contributed by atoms with Crippen molar-refractivity contribution in [1.82, 2.24) is 9.55 Å². The minimum absolute atomic E-state index is 0.241. The predicted molar refractivity (Wildman–Crippen MR) is 134 cm³/mol. The fourth-order valence-electron chi connectivity index (χ4n) is 5.07. The van der Waals surface area contributed by atoms with Gasteiger partial charge in [-0.25, -0.2) is 9.98 Å². The number of benzene rings is 3. The van der Waals surface area contributed by atoms with Gasteiger partial charge in [0.2, 0.25) is 6.17 Å². The van der Waals surface area contributed by atoms with E-state index in [2.05, 4.69) is 4.98 Å². The van der Waals surface area contributed by atoms with Crippen LogP contribution in [0.15, 0.2) is 70.5 Å². The number of aryl methyl sites for hydroxylation is 2. The van der Waals surface area contributed by atoms with Crippen molar-refractivity contribution < 1.29 is 4.79 Å². The van der Waals surface area contributed by atoms with E-state index in [0.29, 0.717) is 41.1 Å². The van der Waals surface area contributed by atoms with Gasteiger partial charge >= 0.3 is 0 Å². The molecule has 4 aromatic rings. The third-order valence-corrected chi connectivity index (χ3v) is 6.60. The first-order chi connectivity index (χ1) is 16.4. The summed E-state index contributed by atoms with van der Waals surface area (Å²) < 4.78 is 1.43. The summed E-state index contributed by atoms with van der Waals surface area (Å²) in [6, 6.07) is 19.1. The highest BCUT2D eigenvalue weighted by Gasteiger charge is 2.38. The highest BCUT2D eigenvalue weighted by atomic mass is 16.2. The van der Waals surface area contributed by atoms with E-state index in [1.165, 1.54) is 4.57 Å². The molecular weight excluding hydrogens is 426 g/mol. The number of fused-ring (bicyclic) bond motifs is 1. The molecule has 34 heavy (non-hydrogen) atoms. The Labute approximate surface area is 196 Å². The molecule has 0 radical (unpaired) electrons. The highest BCUT2D eigenvalue weighted by molar-refractivity contribution is 6.21. The second kappa shape index (κ2) is 7.38. The zero-order valence-corrected chi connectivity index (χ0v) is 18.9. The van der Waals surface area contributed by atoms with E-state index in [1.807, 2.05) is 67.6 Å². The molecule has 0 aliphatic carbocycles. The van der Waals surface area contributed by atoms with Gasteiger partial charge in [0, 0.05) is 23.4 Å². The number of rotatable bonds is 2. The molecule has 3 heterocycles. The van der Waals surface area contributed by atoms with Crippen LogP contribution in [0.4, 0.5) is 11.4 Å². The number of nitrogens with zero attached hydrogens (tertiary/aromatic N) is 4.